The summed E-state index contributed by atoms with van der Waals surface area (Å²) in [5, 5.41) is 9.53. The number of hydrogen-bond acceptors (Lipinski definition) is 7. The first-order valence-electron chi connectivity index (χ1n) is 6.22. The maximum atomic E-state index is 11.6. The van der Waals surface area contributed by atoms with Crippen LogP contribution in [0.3, 0.4) is 0 Å². The summed E-state index contributed by atoms with van der Waals surface area (Å²) in [6.07, 6.45) is 3.05. The van der Waals surface area contributed by atoms with Gasteiger partial charge in [-0.15, -0.1) is 0 Å². The van der Waals surface area contributed by atoms with Gasteiger partial charge in [-0.3, -0.25) is 9.89 Å². The number of H-pyrrole nitrogens is 1. The molecular weight excluding hydrogens is 288 g/mol. The highest BCUT2D eigenvalue weighted by Gasteiger charge is 2.16. The molecule has 9 heteroatoms. The quantitative estimate of drug-likeness (QED) is 0.484. The number of para-hydroxylation sites is 1. The largest absolute Gasteiger partial charge is 0.421 e. The van der Waals surface area contributed by atoms with Gasteiger partial charge in [0.2, 0.25) is 0 Å². The average Bonchev–Trinajstić information content (AvgIpc) is 3.01. The second-order valence-electron chi connectivity index (χ2n) is 4.18. The molecule has 0 saturated heterocycles. The number of carbonyl (C=O) groups excluding carboxylic acids is 2. The van der Waals surface area contributed by atoms with Gasteiger partial charge in [-0.2, -0.15) is 15.6 Å². The minimum absolute atomic E-state index is 0.0256. The zero-order valence-corrected chi connectivity index (χ0v) is 11.1. The van der Waals surface area contributed by atoms with Crippen LogP contribution in [0, 0.1) is 0 Å². The summed E-state index contributed by atoms with van der Waals surface area (Å²) in [7, 11) is 0. The van der Waals surface area contributed by atoms with Gasteiger partial charge in [0.1, 0.15) is 0 Å². The lowest BCUT2D eigenvalue weighted by Gasteiger charge is -2.05. The topological polar surface area (TPSA) is 122 Å². The van der Waals surface area contributed by atoms with Crippen LogP contribution >= 0.6 is 0 Å². The molecule has 0 aliphatic carbocycles. The number of carbonyl (C=O) groups is 2. The van der Waals surface area contributed by atoms with E-state index in [-0.39, 0.29) is 5.95 Å². The van der Waals surface area contributed by atoms with Crippen molar-refractivity contribution in [2.45, 2.75) is 0 Å². The predicted octanol–water partition coefficient (Wildman–Crippen LogP) is 0.862. The fraction of sp³-hybridized carbons (Fsp3) is 0. The summed E-state index contributed by atoms with van der Waals surface area (Å²) in [4.78, 5) is 35.7. The van der Waals surface area contributed by atoms with Crippen molar-refractivity contribution in [3.05, 3.63) is 42.7 Å². The molecule has 0 atom stereocenters. The molecule has 0 fully saturated rings. The number of nitrogens with one attached hydrogen (secondary N) is 3. The van der Waals surface area contributed by atoms with Gasteiger partial charge in [0.15, 0.2) is 5.65 Å². The van der Waals surface area contributed by atoms with Crippen molar-refractivity contribution < 1.29 is 14.4 Å². The minimum Gasteiger partial charge on any atom is -0.331 e. The lowest BCUT2D eigenvalue weighted by atomic mass is 10.3. The van der Waals surface area contributed by atoms with Crippen LogP contribution in [0.1, 0.15) is 0 Å². The predicted molar refractivity (Wildman–Crippen MR) is 76.5 cm³/mol. The fourth-order valence-electron chi connectivity index (χ4n) is 1.63. The summed E-state index contributed by atoms with van der Waals surface area (Å²) in [5.41, 5.74) is 3.17. The van der Waals surface area contributed by atoms with Crippen LogP contribution in [-0.2, 0) is 14.4 Å². The molecule has 0 unspecified atom stereocenters. The van der Waals surface area contributed by atoms with Crippen LogP contribution in [0.2, 0.25) is 0 Å². The Bertz CT molecular complexity index is 817. The zero-order valence-electron chi connectivity index (χ0n) is 11.1. The Morgan fingerprint density at radius 1 is 1.14 bits per heavy atom. The molecular formula is C13H10N6O3. The number of fused-ring (bicyclic) bond motifs is 1. The Kier molecular flexibility index (Phi) is 3.60. The third kappa shape index (κ3) is 2.98. The molecule has 0 bridgehead atoms. The van der Waals surface area contributed by atoms with Gasteiger partial charge < -0.3 is 10.2 Å². The van der Waals surface area contributed by atoms with Crippen molar-refractivity contribution >= 4 is 34.5 Å². The number of benzene rings is 1. The Balaban J connectivity index is 1.58. The second-order valence-corrected chi connectivity index (χ2v) is 4.18. The third-order valence-corrected chi connectivity index (χ3v) is 2.64. The maximum Gasteiger partial charge on any atom is 0.421 e. The lowest BCUT2D eigenvalue weighted by Crippen LogP contribution is -2.27. The molecule has 3 N–H and O–H groups in total. The fourth-order valence-corrected chi connectivity index (χ4v) is 1.63. The van der Waals surface area contributed by atoms with Gasteiger partial charge in [-0.05, 0) is 12.1 Å². The van der Waals surface area contributed by atoms with Crippen molar-refractivity contribution in [3.8, 4) is 0 Å². The monoisotopic (exact) mass is 298 g/mol. The molecule has 1 aromatic carbocycles. The Hall–Kier alpha value is -3.49. The summed E-state index contributed by atoms with van der Waals surface area (Å²) in [5.74, 6) is -2.00. The van der Waals surface area contributed by atoms with Crippen LogP contribution in [0.15, 0.2) is 42.7 Å². The van der Waals surface area contributed by atoms with Crippen LogP contribution in [0.4, 0.5) is 11.6 Å². The number of amides is 1. The molecule has 2 heterocycles. The Labute approximate surface area is 123 Å². The van der Waals surface area contributed by atoms with E-state index < -0.39 is 11.9 Å². The van der Waals surface area contributed by atoms with E-state index in [1.807, 2.05) is 0 Å². The van der Waals surface area contributed by atoms with Crippen molar-refractivity contribution in [1.29, 1.82) is 0 Å². The van der Waals surface area contributed by atoms with Crippen LogP contribution in [0.5, 0.6) is 0 Å². The van der Waals surface area contributed by atoms with E-state index in [9.17, 15) is 9.59 Å². The van der Waals surface area contributed by atoms with Gasteiger partial charge in [-0.1, -0.05) is 18.2 Å². The standard InChI is InChI=1S/C13H10N6O3/c20-11(16-9-4-2-1-3-5-9)12(21)22-19-13-14-6-8-7-15-18-10(8)17-13/h1-7H,(H,16,20)(H2,14,15,17,18,19). The van der Waals surface area contributed by atoms with E-state index in [0.717, 1.165) is 0 Å². The summed E-state index contributed by atoms with van der Waals surface area (Å²) in [6.45, 7) is 0. The average molecular weight is 298 g/mol. The molecule has 9 nitrogen and oxygen atoms in total. The van der Waals surface area contributed by atoms with E-state index in [2.05, 4.69) is 35.8 Å². The maximum absolute atomic E-state index is 11.6. The van der Waals surface area contributed by atoms with Crippen LogP contribution in [0.25, 0.3) is 11.0 Å². The van der Waals surface area contributed by atoms with E-state index in [1.165, 1.54) is 6.20 Å². The van der Waals surface area contributed by atoms with Gasteiger partial charge in [0, 0.05) is 11.9 Å². The van der Waals surface area contributed by atoms with Gasteiger partial charge in [0.05, 0.1) is 11.6 Å². The van der Waals surface area contributed by atoms with Crippen LogP contribution < -0.4 is 10.8 Å². The summed E-state index contributed by atoms with van der Waals surface area (Å²) < 4.78 is 0. The number of hydrogen-bond donors (Lipinski definition) is 3. The number of rotatable bonds is 3. The van der Waals surface area contributed by atoms with Gasteiger partial charge in [0.25, 0.3) is 5.95 Å². The first-order valence-corrected chi connectivity index (χ1v) is 6.22. The normalized spacial score (nSPS) is 10.2. The van der Waals surface area contributed by atoms with Crippen LogP contribution in [-0.4, -0.2) is 32.0 Å². The highest BCUT2D eigenvalue weighted by molar-refractivity contribution is 6.37. The highest BCUT2D eigenvalue weighted by atomic mass is 16.7. The summed E-state index contributed by atoms with van der Waals surface area (Å²) in [6, 6.07) is 8.54. The molecule has 0 aliphatic rings. The molecule has 0 saturated carbocycles. The molecule has 110 valence electrons. The molecule has 0 radical (unpaired) electrons. The van der Waals surface area contributed by atoms with Crippen molar-refractivity contribution in [3.63, 3.8) is 0 Å². The number of nitrogens with zero attached hydrogens (tertiary/aromatic N) is 3. The van der Waals surface area contributed by atoms with E-state index >= 15 is 0 Å². The Morgan fingerprint density at radius 2 is 1.95 bits per heavy atom. The molecule has 3 rings (SSSR count). The smallest absolute Gasteiger partial charge is 0.331 e. The lowest BCUT2D eigenvalue weighted by molar-refractivity contribution is -0.150. The molecule has 3 aromatic rings. The molecule has 1 amide bonds. The SMILES string of the molecule is O=C(Nc1ccccc1)C(=O)ONc1ncc2cn[nH]c2n1. The zero-order chi connectivity index (χ0) is 15.4. The summed E-state index contributed by atoms with van der Waals surface area (Å²) >= 11 is 0. The van der Waals surface area contributed by atoms with Crippen molar-refractivity contribution in [2.75, 3.05) is 10.8 Å². The first-order chi connectivity index (χ1) is 10.7. The Morgan fingerprint density at radius 3 is 2.77 bits per heavy atom. The van der Waals surface area contributed by atoms with Crippen molar-refractivity contribution in [1.82, 2.24) is 20.2 Å². The molecule has 0 spiro atoms. The van der Waals surface area contributed by atoms with E-state index in [1.54, 1.807) is 36.5 Å². The third-order valence-electron chi connectivity index (χ3n) is 2.64. The number of aromatic nitrogens is 4. The van der Waals surface area contributed by atoms with Crippen molar-refractivity contribution in [2.24, 2.45) is 0 Å². The molecule has 2 aromatic heterocycles. The number of aromatic amines is 1. The van der Waals surface area contributed by atoms with E-state index in [4.69, 9.17) is 0 Å². The van der Waals surface area contributed by atoms with Gasteiger partial charge in [-0.25, -0.2) is 9.78 Å². The highest BCUT2D eigenvalue weighted by Crippen LogP contribution is 2.08. The van der Waals surface area contributed by atoms with E-state index in [0.29, 0.717) is 16.7 Å². The number of anilines is 2. The minimum atomic E-state index is -1.11. The molecule has 0 aliphatic heterocycles. The van der Waals surface area contributed by atoms with Gasteiger partial charge >= 0.3 is 11.9 Å². The first kappa shape index (κ1) is 13.5. The second kappa shape index (κ2) is 5.87. The molecule has 22 heavy (non-hydrogen) atoms.